The van der Waals surface area contributed by atoms with Crippen LogP contribution in [0.4, 0.5) is 0 Å². The maximum absolute atomic E-state index is 6.12. The van der Waals surface area contributed by atoms with E-state index in [4.69, 9.17) is 4.74 Å². The molecule has 0 aromatic carbocycles. The monoisotopic (exact) mass is 285 g/mol. The third-order valence-electron chi connectivity index (χ3n) is 5.44. The van der Waals surface area contributed by atoms with Crippen molar-refractivity contribution in [1.29, 1.82) is 0 Å². The molecule has 1 saturated carbocycles. The Labute approximate surface area is 123 Å². The van der Waals surface area contributed by atoms with E-state index >= 15 is 0 Å². The Hall–Kier alpha value is 0.270. The molecular formula is C16H31NOS. The van der Waals surface area contributed by atoms with Crippen LogP contribution < -0.4 is 5.32 Å². The molecule has 0 aromatic rings. The summed E-state index contributed by atoms with van der Waals surface area (Å²) in [6.07, 6.45) is 12.5. The molecule has 1 aliphatic carbocycles. The van der Waals surface area contributed by atoms with Crippen LogP contribution in [0.5, 0.6) is 0 Å². The Kier molecular flexibility index (Phi) is 5.62. The molecular weight excluding hydrogens is 254 g/mol. The van der Waals surface area contributed by atoms with Crippen molar-refractivity contribution in [2.45, 2.75) is 81.6 Å². The highest BCUT2D eigenvalue weighted by molar-refractivity contribution is 8.00. The van der Waals surface area contributed by atoms with Crippen molar-refractivity contribution in [1.82, 2.24) is 5.32 Å². The Morgan fingerprint density at radius 3 is 2.53 bits per heavy atom. The normalized spacial score (nSPS) is 27.0. The molecule has 0 bridgehead atoms. The molecule has 1 N–H and O–H groups in total. The average Bonchev–Trinajstić information content (AvgIpc) is 2.89. The lowest BCUT2D eigenvalue weighted by molar-refractivity contribution is -0.0837. The predicted molar refractivity (Wildman–Crippen MR) is 85.0 cm³/mol. The lowest BCUT2D eigenvalue weighted by Gasteiger charge is -2.40. The lowest BCUT2D eigenvalue weighted by atomic mass is 9.88. The fourth-order valence-electron chi connectivity index (χ4n) is 3.76. The van der Waals surface area contributed by atoms with E-state index in [9.17, 15) is 0 Å². The molecule has 1 saturated heterocycles. The third kappa shape index (κ3) is 3.68. The van der Waals surface area contributed by atoms with Gasteiger partial charge in [-0.3, -0.25) is 0 Å². The van der Waals surface area contributed by atoms with E-state index < -0.39 is 0 Å². The zero-order valence-electron chi connectivity index (χ0n) is 13.0. The highest BCUT2D eigenvalue weighted by Crippen LogP contribution is 2.40. The molecule has 2 fully saturated rings. The molecule has 0 amide bonds. The molecule has 19 heavy (non-hydrogen) atoms. The minimum absolute atomic E-state index is 0.246. The maximum Gasteiger partial charge on any atom is 0.0697 e. The van der Waals surface area contributed by atoms with Gasteiger partial charge in [0.15, 0.2) is 0 Å². The van der Waals surface area contributed by atoms with E-state index in [-0.39, 0.29) is 5.60 Å². The summed E-state index contributed by atoms with van der Waals surface area (Å²) in [6, 6.07) is 0.677. The number of rotatable bonds is 6. The van der Waals surface area contributed by atoms with E-state index in [2.05, 4.69) is 25.4 Å². The lowest BCUT2D eigenvalue weighted by Crippen LogP contribution is -2.49. The number of nitrogens with one attached hydrogen (secondary N) is 1. The summed E-state index contributed by atoms with van der Waals surface area (Å²) in [5.41, 5.74) is 0.246. The summed E-state index contributed by atoms with van der Waals surface area (Å²) >= 11 is 2.04. The fraction of sp³-hybridized carbons (Fsp3) is 1.00. The van der Waals surface area contributed by atoms with Gasteiger partial charge in [0.05, 0.1) is 5.60 Å². The van der Waals surface area contributed by atoms with Gasteiger partial charge in [-0.25, -0.2) is 0 Å². The standard InChI is InChI=1S/C16H31NOS/c1-4-16(5-2,19-3)13-17-14-8-11-18-15(12-14)9-6-7-10-15/h14,17H,4-13H2,1-3H3. The minimum Gasteiger partial charge on any atom is -0.375 e. The van der Waals surface area contributed by atoms with Gasteiger partial charge in [-0.05, 0) is 44.8 Å². The van der Waals surface area contributed by atoms with E-state index in [0.717, 1.165) is 13.2 Å². The first kappa shape index (κ1) is 15.7. The van der Waals surface area contributed by atoms with Crippen molar-refractivity contribution in [2.75, 3.05) is 19.4 Å². The topological polar surface area (TPSA) is 21.3 Å². The van der Waals surface area contributed by atoms with Crippen LogP contribution in [0.2, 0.25) is 0 Å². The van der Waals surface area contributed by atoms with Gasteiger partial charge in [0, 0.05) is 23.9 Å². The second kappa shape index (κ2) is 6.82. The molecule has 3 heteroatoms. The molecule has 2 aliphatic rings. The Bertz CT molecular complexity index is 264. The van der Waals surface area contributed by atoms with Gasteiger partial charge in [-0.1, -0.05) is 26.7 Å². The molecule has 2 nitrogen and oxygen atoms in total. The summed E-state index contributed by atoms with van der Waals surface area (Å²) in [4.78, 5) is 0. The van der Waals surface area contributed by atoms with Crippen LogP contribution in [0.25, 0.3) is 0 Å². The number of hydrogen-bond donors (Lipinski definition) is 1. The van der Waals surface area contributed by atoms with Gasteiger partial charge in [-0.2, -0.15) is 11.8 Å². The SMILES string of the molecule is CCC(CC)(CNC1CCOC2(CCCC2)C1)SC. The molecule has 1 aliphatic heterocycles. The molecule has 0 aromatic heterocycles. The summed E-state index contributed by atoms with van der Waals surface area (Å²) in [7, 11) is 0. The Morgan fingerprint density at radius 1 is 1.26 bits per heavy atom. The molecule has 1 atom stereocenters. The highest BCUT2D eigenvalue weighted by Gasteiger charge is 2.40. The molecule has 2 rings (SSSR count). The summed E-state index contributed by atoms with van der Waals surface area (Å²) in [6.45, 7) is 6.76. The molecule has 1 heterocycles. The van der Waals surface area contributed by atoms with Gasteiger partial charge in [0.25, 0.3) is 0 Å². The second-order valence-electron chi connectivity index (χ2n) is 6.40. The Balaban J connectivity index is 1.85. The molecule has 0 radical (unpaired) electrons. The first-order chi connectivity index (χ1) is 9.17. The van der Waals surface area contributed by atoms with Crippen molar-refractivity contribution >= 4 is 11.8 Å². The van der Waals surface area contributed by atoms with E-state index in [0.29, 0.717) is 10.8 Å². The van der Waals surface area contributed by atoms with E-state index in [1.54, 1.807) is 0 Å². The largest absolute Gasteiger partial charge is 0.375 e. The minimum atomic E-state index is 0.246. The maximum atomic E-state index is 6.12. The number of ether oxygens (including phenoxy) is 1. The van der Waals surface area contributed by atoms with Crippen molar-refractivity contribution in [2.24, 2.45) is 0 Å². The fourth-order valence-corrected chi connectivity index (χ4v) is 4.57. The van der Waals surface area contributed by atoms with Crippen LogP contribution in [-0.2, 0) is 4.74 Å². The molecule has 1 unspecified atom stereocenters. The van der Waals surface area contributed by atoms with Crippen molar-refractivity contribution in [3.63, 3.8) is 0 Å². The number of hydrogen-bond acceptors (Lipinski definition) is 3. The number of thioether (sulfide) groups is 1. The summed E-state index contributed by atoms with van der Waals surface area (Å²) in [5, 5.41) is 3.87. The van der Waals surface area contributed by atoms with Crippen LogP contribution in [0.3, 0.4) is 0 Å². The van der Waals surface area contributed by atoms with E-state index in [1.807, 2.05) is 11.8 Å². The highest BCUT2D eigenvalue weighted by atomic mass is 32.2. The van der Waals surface area contributed by atoms with Crippen LogP contribution in [-0.4, -0.2) is 35.8 Å². The van der Waals surface area contributed by atoms with Crippen LogP contribution in [0.15, 0.2) is 0 Å². The van der Waals surface area contributed by atoms with Crippen molar-refractivity contribution in [3.05, 3.63) is 0 Å². The van der Waals surface area contributed by atoms with Crippen LogP contribution >= 0.6 is 11.8 Å². The van der Waals surface area contributed by atoms with Crippen molar-refractivity contribution < 1.29 is 4.74 Å². The quantitative estimate of drug-likeness (QED) is 0.797. The van der Waals surface area contributed by atoms with Crippen molar-refractivity contribution in [3.8, 4) is 0 Å². The average molecular weight is 285 g/mol. The summed E-state index contributed by atoms with van der Waals surface area (Å²) < 4.78 is 6.55. The van der Waals surface area contributed by atoms with Gasteiger partial charge in [-0.15, -0.1) is 0 Å². The Morgan fingerprint density at radius 2 is 1.95 bits per heavy atom. The summed E-state index contributed by atoms with van der Waals surface area (Å²) in [5.74, 6) is 0. The van der Waals surface area contributed by atoms with Gasteiger partial charge in [0.2, 0.25) is 0 Å². The van der Waals surface area contributed by atoms with Crippen LogP contribution in [0, 0.1) is 0 Å². The zero-order chi connectivity index (χ0) is 13.8. The zero-order valence-corrected chi connectivity index (χ0v) is 13.8. The first-order valence-corrected chi connectivity index (χ1v) is 9.32. The molecule has 112 valence electrons. The second-order valence-corrected chi connectivity index (χ2v) is 7.68. The third-order valence-corrected chi connectivity index (χ3v) is 7.03. The van der Waals surface area contributed by atoms with Gasteiger partial charge in [0.1, 0.15) is 0 Å². The van der Waals surface area contributed by atoms with Gasteiger partial charge >= 0.3 is 0 Å². The van der Waals surface area contributed by atoms with E-state index in [1.165, 1.54) is 51.4 Å². The van der Waals surface area contributed by atoms with Crippen LogP contribution in [0.1, 0.15) is 65.2 Å². The van der Waals surface area contributed by atoms with Gasteiger partial charge < -0.3 is 10.1 Å². The first-order valence-electron chi connectivity index (χ1n) is 8.10. The predicted octanol–water partition coefficient (Wildman–Crippen LogP) is 3.99. The smallest absolute Gasteiger partial charge is 0.0697 e. The molecule has 1 spiro atoms.